The molecular weight excluding hydrogens is 304 g/mol. The first kappa shape index (κ1) is 11.4. The normalized spacial score (nSPS) is 27.6. The van der Waals surface area contributed by atoms with Crippen LogP contribution in [0.3, 0.4) is 0 Å². The third kappa shape index (κ3) is 1.95. The Bertz CT molecular complexity index is 437. The zero-order valence-electron chi connectivity index (χ0n) is 9.47. The van der Waals surface area contributed by atoms with Gasteiger partial charge in [0.2, 0.25) is 11.0 Å². The Morgan fingerprint density at radius 2 is 2.00 bits per heavy atom. The van der Waals surface area contributed by atoms with Gasteiger partial charge in [-0.2, -0.15) is 0 Å². The zero-order valence-corrected chi connectivity index (χ0v) is 11.9. The van der Waals surface area contributed by atoms with Crippen molar-refractivity contribution in [1.29, 1.82) is 0 Å². The fraction of sp³-hybridized carbons (Fsp3) is 0.700. The van der Waals surface area contributed by atoms with Crippen molar-refractivity contribution in [3.63, 3.8) is 0 Å². The van der Waals surface area contributed by atoms with Crippen LogP contribution in [0.1, 0.15) is 19.8 Å². The molecule has 0 saturated carbocycles. The van der Waals surface area contributed by atoms with Crippen LogP contribution < -0.4 is 4.90 Å². The fourth-order valence-electron chi connectivity index (χ4n) is 2.77. The largest absolute Gasteiger partial charge is 0.339 e. The number of carbonyl (C=O) groups excluding carboxylic acids is 1. The molecular formula is C10H13BrN4OS. The van der Waals surface area contributed by atoms with E-state index in [9.17, 15) is 4.79 Å². The topological polar surface area (TPSA) is 49.3 Å². The number of aromatic nitrogens is 2. The predicted octanol–water partition coefficient (Wildman–Crippen LogP) is 1.50. The molecule has 0 N–H and O–H groups in total. The Hall–Kier alpha value is -0.690. The molecule has 0 aliphatic carbocycles. The molecule has 92 valence electrons. The number of rotatable bonds is 1. The van der Waals surface area contributed by atoms with Crippen molar-refractivity contribution < 1.29 is 4.79 Å². The lowest BCUT2D eigenvalue weighted by Gasteiger charge is -2.40. The van der Waals surface area contributed by atoms with Gasteiger partial charge in [-0.15, -0.1) is 10.2 Å². The van der Waals surface area contributed by atoms with E-state index < -0.39 is 0 Å². The van der Waals surface area contributed by atoms with E-state index in [1.54, 1.807) is 18.3 Å². The summed E-state index contributed by atoms with van der Waals surface area (Å²) in [6, 6.07) is 0.829. The number of likely N-dealkylation sites (tertiary alicyclic amines) is 1. The smallest absolute Gasteiger partial charge is 0.219 e. The Morgan fingerprint density at radius 3 is 2.47 bits per heavy atom. The second-order valence-electron chi connectivity index (χ2n) is 4.55. The molecule has 0 spiro atoms. The summed E-state index contributed by atoms with van der Waals surface area (Å²) in [6.07, 6.45) is 2.29. The molecule has 17 heavy (non-hydrogen) atoms. The maximum Gasteiger partial charge on any atom is 0.219 e. The summed E-state index contributed by atoms with van der Waals surface area (Å²) < 4.78 is 0.820. The number of hydrogen-bond acceptors (Lipinski definition) is 5. The SMILES string of the molecule is CC(=O)N1CC2CCC(C1)N2c1nnc(Br)s1. The van der Waals surface area contributed by atoms with Gasteiger partial charge >= 0.3 is 0 Å². The quantitative estimate of drug-likeness (QED) is 0.788. The third-order valence-corrected chi connectivity index (χ3v) is 4.91. The van der Waals surface area contributed by atoms with Gasteiger partial charge in [-0.1, -0.05) is 11.3 Å². The van der Waals surface area contributed by atoms with Gasteiger partial charge < -0.3 is 9.80 Å². The van der Waals surface area contributed by atoms with Crippen molar-refractivity contribution in [3.05, 3.63) is 3.92 Å². The number of piperazine rings is 1. The molecule has 7 heteroatoms. The molecule has 0 radical (unpaired) electrons. The molecule has 1 aromatic heterocycles. The van der Waals surface area contributed by atoms with Gasteiger partial charge in [0.25, 0.3) is 0 Å². The van der Waals surface area contributed by atoms with Crippen molar-refractivity contribution in [2.24, 2.45) is 0 Å². The van der Waals surface area contributed by atoms with Crippen LogP contribution in [-0.2, 0) is 4.79 Å². The maximum atomic E-state index is 11.4. The van der Waals surface area contributed by atoms with Gasteiger partial charge in [0.05, 0.1) is 0 Å². The van der Waals surface area contributed by atoms with Crippen molar-refractivity contribution in [2.45, 2.75) is 31.8 Å². The van der Waals surface area contributed by atoms with Crippen LogP contribution in [0.4, 0.5) is 5.13 Å². The van der Waals surface area contributed by atoms with Crippen molar-refractivity contribution in [1.82, 2.24) is 15.1 Å². The first-order valence-electron chi connectivity index (χ1n) is 5.68. The van der Waals surface area contributed by atoms with Crippen LogP contribution in [-0.4, -0.2) is 46.2 Å². The number of halogens is 1. The lowest BCUT2D eigenvalue weighted by Crippen LogP contribution is -2.55. The third-order valence-electron chi connectivity index (χ3n) is 3.54. The van der Waals surface area contributed by atoms with Crippen LogP contribution in [0.15, 0.2) is 3.92 Å². The lowest BCUT2D eigenvalue weighted by atomic mass is 10.2. The van der Waals surface area contributed by atoms with Gasteiger partial charge in [0.15, 0.2) is 3.92 Å². The van der Waals surface area contributed by atoms with E-state index in [1.165, 1.54) is 0 Å². The number of anilines is 1. The summed E-state index contributed by atoms with van der Waals surface area (Å²) in [7, 11) is 0. The highest BCUT2D eigenvalue weighted by molar-refractivity contribution is 9.11. The molecule has 1 amide bonds. The first-order chi connectivity index (χ1) is 8.15. The van der Waals surface area contributed by atoms with E-state index in [0.29, 0.717) is 12.1 Å². The minimum Gasteiger partial charge on any atom is -0.339 e. The monoisotopic (exact) mass is 316 g/mol. The van der Waals surface area contributed by atoms with Gasteiger partial charge in [-0.3, -0.25) is 4.79 Å². The predicted molar refractivity (Wildman–Crippen MR) is 69.2 cm³/mol. The standard InChI is InChI=1S/C10H13BrN4OS/c1-6(16)14-4-7-2-3-8(5-14)15(7)10-13-12-9(11)17-10/h7-8H,2-5H2,1H3. The number of nitrogens with zero attached hydrogens (tertiary/aromatic N) is 4. The van der Waals surface area contributed by atoms with Crippen molar-refractivity contribution in [3.8, 4) is 0 Å². The number of carbonyl (C=O) groups is 1. The molecule has 2 aliphatic heterocycles. The van der Waals surface area contributed by atoms with Crippen LogP contribution in [0, 0.1) is 0 Å². The summed E-state index contributed by atoms with van der Waals surface area (Å²) in [5, 5.41) is 9.18. The summed E-state index contributed by atoms with van der Waals surface area (Å²) in [6.45, 7) is 3.29. The Morgan fingerprint density at radius 1 is 1.35 bits per heavy atom. The molecule has 2 bridgehead atoms. The minimum absolute atomic E-state index is 0.181. The summed E-state index contributed by atoms with van der Waals surface area (Å²) >= 11 is 4.92. The Balaban J connectivity index is 1.83. The Kier molecular flexibility index (Phi) is 2.82. The van der Waals surface area contributed by atoms with Gasteiger partial charge in [0, 0.05) is 32.1 Å². The van der Waals surface area contributed by atoms with Gasteiger partial charge in [0.1, 0.15) is 0 Å². The van der Waals surface area contributed by atoms with Crippen LogP contribution in [0.25, 0.3) is 0 Å². The average Bonchev–Trinajstić information content (AvgIpc) is 2.80. The molecule has 0 aromatic carbocycles. The van der Waals surface area contributed by atoms with Crippen molar-refractivity contribution >= 4 is 38.3 Å². The zero-order chi connectivity index (χ0) is 12.0. The molecule has 3 heterocycles. The Labute approximate surface area is 112 Å². The van der Waals surface area contributed by atoms with Crippen LogP contribution in [0.5, 0.6) is 0 Å². The molecule has 2 unspecified atom stereocenters. The van der Waals surface area contributed by atoms with Gasteiger partial charge in [-0.05, 0) is 28.8 Å². The van der Waals surface area contributed by atoms with Crippen LogP contribution in [0.2, 0.25) is 0 Å². The highest BCUT2D eigenvalue weighted by Gasteiger charge is 2.42. The molecule has 2 atom stereocenters. The molecule has 2 saturated heterocycles. The molecule has 5 nitrogen and oxygen atoms in total. The van der Waals surface area contributed by atoms with E-state index >= 15 is 0 Å². The van der Waals surface area contributed by atoms with E-state index in [1.807, 2.05) is 4.90 Å². The van der Waals surface area contributed by atoms with E-state index in [4.69, 9.17) is 0 Å². The van der Waals surface area contributed by atoms with Crippen LogP contribution >= 0.6 is 27.3 Å². The molecule has 2 aliphatic rings. The second-order valence-corrected chi connectivity index (χ2v) is 6.79. The second kappa shape index (κ2) is 4.20. The van der Waals surface area contributed by atoms with E-state index in [0.717, 1.165) is 35.0 Å². The summed E-state index contributed by atoms with van der Waals surface area (Å²) in [5.41, 5.74) is 0. The lowest BCUT2D eigenvalue weighted by molar-refractivity contribution is -0.129. The van der Waals surface area contributed by atoms with E-state index in [2.05, 4.69) is 31.0 Å². The fourth-order valence-corrected chi connectivity index (χ4v) is 4.01. The minimum atomic E-state index is 0.181. The highest BCUT2D eigenvalue weighted by Crippen LogP contribution is 2.37. The van der Waals surface area contributed by atoms with Gasteiger partial charge in [-0.25, -0.2) is 0 Å². The highest BCUT2D eigenvalue weighted by atomic mass is 79.9. The summed E-state index contributed by atoms with van der Waals surface area (Å²) in [4.78, 5) is 15.7. The maximum absolute atomic E-state index is 11.4. The number of amides is 1. The summed E-state index contributed by atoms with van der Waals surface area (Å²) in [5.74, 6) is 0.181. The van der Waals surface area contributed by atoms with E-state index in [-0.39, 0.29) is 5.91 Å². The van der Waals surface area contributed by atoms with Crippen molar-refractivity contribution in [2.75, 3.05) is 18.0 Å². The number of fused-ring (bicyclic) bond motifs is 2. The number of hydrogen-bond donors (Lipinski definition) is 0. The first-order valence-corrected chi connectivity index (χ1v) is 7.29. The molecule has 2 fully saturated rings. The molecule has 3 rings (SSSR count). The molecule has 1 aromatic rings. The average molecular weight is 317 g/mol.